The Morgan fingerprint density at radius 3 is 2.52 bits per heavy atom. The number of aryl methyl sites for hydroxylation is 3. The Balaban J connectivity index is 2.05. The van der Waals surface area contributed by atoms with E-state index in [1.54, 1.807) is 0 Å². The summed E-state index contributed by atoms with van der Waals surface area (Å²) in [5.74, 6) is 2.57. The molecule has 0 spiro atoms. The number of hydrogen-bond acceptors (Lipinski definition) is 2. The van der Waals surface area contributed by atoms with Crippen LogP contribution in [0.1, 0.15) is 60.6 Å². The van der Waals surface area contributed by atoms with Crippen molar-refractivity contribution in [3.05, 3.63) is 34.1 Å². The highest BCUT2D eigenvalue weighted by Crippen LogP contribution is 2.47. The molecule has 0 saturated heterocycles. The number of rotatable bonds is 5. The van der Waals surface area contributed by atoms with E-state index in [-0.39, 0.29) is 0 Å². The molecule has 1 aliphatic rings. The highest BCUT2D eigenvalue weighted by Gasteiger charge is 2.32. The van der Waals surface area contributed by atoms with Crippen molar-refractivity contribution in [3.63, 3.8) is 0 Å². The molecule has 1 heterocycles. The predicted octanol–water partition coefficient (Wildman–Crippen LogP) is 4.98. The third kappa shape index (κ3) is 2.74. The fourth-order valence-electron chi connectivity index (χ4n) is 3.24. The SMILES string of the molecule is Cc1cc(C)c2c(C3CC3)c(CNCC(C)C)oc2c1C. The lowest BCUT2D eigenvalue weighted by molar-refractivity contribution is 0.480. The Morgan fingerprint density at radius 2 is 1.90 bits per heavy atom. The van der Waals surface area contributed by atoms with Gasteiger partial charge in [0, 0.05) is 10.9 Å². The Morgan fingerprint density at radius 1 is 1.19 bits per heavy atom. The summed E-state index contributed by atoms with van der Waals surface area (Å²) >= 11 is 0. The van der Waals surface area contributed by atoms with E-state index >= 15 is 0 Å². The summed E-state index contributed by atoms with van der Waals surface area (Å²) in [7, 11) is 0. The second-order valence-electron chi connectivity index (χ2n) is 7.08. The van der Waals surface area contributed by atoms with Crippen molar-refractivity contribution in [2.75, 3.05) is 6.54 Å². The van der Waals surface area contributed by atoms with Crippen molar-refractivity contribution >= 4 is 11.0 Å². The fourth-order valence-corrected chi connectivity index (χ4v) is 3.24. The summed E-state index contributed by atoms with van der Waals surface area (Å²) in [5.41, 5.74) is 6.61. The first-order valence-electron chi connectivity index (χ1n) is 8.21. The van der Waals surface area contributed by atoms with E-state index in [4.69, 9.17) is 4.42 Å². The molecular formula is C19H27NO. The van der Waals surface area contributed by atoms with Crippen molar-refractivity contribution in [3.8, 4) is 0 Å². The van der Waals surface area contributed by atoms with Gasteiger partial charge in [-0.3, -0.25) is 0 Å². The smallest absolute Gasteiger partial charge is 0.138 e. The molecule has 2 aromatic rings. The van der Waals surface area contributed by atoms with Gasteiger partial charge in [-0.05, 0) is 68.7 Å². The minimum absolute atomic E-state index is 0.671. The molecule has 2 nitrogen and oxygen atoms in total. The second kappa shape index (κ2) is 5.49. The Bertz CT molecular complexity index is 662. The van der Waals surface area contributed by atoms with E-state index in [9.17, 15) is 0 Å². The van der Waals surface area contributed by atoms with E-state index in [1.807, 2.05) is 0 Å². The molecule has 0 amide bonds. The summed E-state index contributed by atoms with van der Waals surface area (Å²) < 4.78 is 6.31. The Kier molecular flexibility index (Phi) is 3.83. The van der Waals surface area contributed by atoms with E-state index in [0.717, 1.165) is 24.6 Å². The number of benzene rings is 1. The lowest BCUT2D eigenvalue weighted by Crippen LogP contribution is -2.19. The molecule has 0 unspecified atom stereocenters. The molecule has 3 rings (SSSR count). The molecule has 0 atom stereocenters. The van der Waals surface area contributed by atoms with Crippen LogP contribution in [0.15, 0.2) is 10.5 Å². The fraction of sp³-hybridized carbons (Fsp3) is 0.579. The number of furan rings is 1. The van der Waals surface area contributed by atoms with E-state index in [1.165, 1.54) is 46.2 Å². The number of hydrogen-bond donors (Lipinski definition) is 1. The van der Waals surface area contributed by atoms with Crippen molar-refractivity contribution in [2.45, 2.75) is 59.9 Å². The van der Waals surface area contributed by atoms with Gasteiger partial charge in [-0.1, -0.05) is 19.9 Å². The van der Waals surface area contributed by atoms with Gasteiger partial charge in [0.1, 0.15) is 11.3 Å². The third-order valence-electron chi connectivity index (χ3n) is 4.61. The largest absolute Gasteiger partial charge is 0.459 e. The summed E-state index contributed by atoms with van der Waals surface area (Å²) in [6, 6.07) is 2.31. The zero-order valence-electron chi connectivity index (χ0n) is 14.0. The number of fused-ring (bicyclic) bond motifs is 1. The maximum Gasteiger partial charge on any atom is 0.138 e. The topological polar surface area (TPSA) is 25.2 Å². The molecular weight excluding hydrogens is 258 g/mol. The molecule has 0 aliphatic heterocycles. The standard InChI is InChI=1S/C19H27NO/c1-11(2)9-20-10-16-18(15-6-7-15)17-13(4)8-12(3)14(5)19(17)21-16/h8,11,15,20H,6-7,9-10H2,1-5H3. The van der Waals surface area contributed by atoms with Crippen LogP contribution in [0.5, 0.6) is 0 Å². The van der Waals surface area contributed by atoms with Gasteiger partial charge in [0.05, 0.1) is 6.54 Å². The summed E-state index contributed by atoms with van der Waals surface area (Å²) in [5, 5.41) is 4.94. The molecule has 1 aromatic carbocycles. The minimum Gasteiger partial charge on any atom is -0.459 e. The Labute approximate surface area is 127 Å². The maximum absolute atomic E-state index is 6.31. The van der Waals surface area contributed by atoms with Crippen LogP contribution in [-0.2, 0) is 6.54 Å². The van der Waals surface area contributed by atoms with Crippen molar-refractivity contribution in [1.29, 1.82) is 0 Å². The van der Waals surface area contributed by atoms with E-state index in [0.29, 0.717) is 5.92 Å². The van der Waals surface area contributed by atoms with Gasteiger partial charge in [-0.25, -0.2) is 0 Å². The Hall–Kier alpha value is -1.28. The van der Waals surface area contributed by atoms with Gasteiger partial charge in [0.15, 0.2) is 0 Å². The van der Waals surface area contributed by atoms with Crippen LogP contribution in [-0.4, -0.2) is 6.54 Å². The third-order valence-corrected chi connectivity index (χ3v) is 4.61. The van der Waals surface area contributed by atoms with Crippen LogP contribution in [0.4, 0.5) is 0 Å². The highest BCUT2D eigenvalue weighted by atomic mass is 16.3. The lowest BCUT2D eigenvalue weighted by Gasteiger charge is -2.07. The maximum atomic E-state index is 6.31. The minimum atomic E-state index is 0.671. The van der Waals surface area contributed by atoms with Crippen LogP contribution in [0, 0.1) is 26.7 Å². The molecule has 1 aromatic heterocycles. The zero-order chi connectivity index (χ0) is 15.1. The molecule has 1 aliphatic carbocycles. The van der Waals surface area contributed by atoms with Crippen molar-refractivity contribution in [1.82, 2.24) is 5.32 Å². The van der Waals surface area contributed by atoms with E-state index < -0.39 is 0 Å². The van der Waals surface area contributed by atoms with Crippen molar-refractivity contribution < 1.29 is 4.42 Å². The second-order valence-corrected chi connectivity index (χ2v) is 7.08. The average molecular weight is 285 g/mol. The predicted molar refractivity (Wildman–Crippen MR) is 88.9 cm³/mol. The van der Waals surface area contributed by atoms with Crippen LogP contribution in [0.25, 0.3) is 11.0 Å². The molecule has 1 N–H and O–H groups in total. The molecule has 0 radical (unpaired) electrons. The molecule has 114 valence electrons. The first-order valence-corrected chi connectivity index (χ1v) is 8.21. The summed E-state index contributed by atoms with van der Waals surface area (Å²) in [6.45, 7) is 13.0. The molecule has 1 saturated carbocycles. The first-order chi connectivity index (χ1) is 9.99. The van der Waals surface area contributed by atoms with E-state index in [2.05, 4.69) is 46.0 Å². The van der Waals surface area contributed by atoms with Gasteiger partial charge in [0.2, 0.25) is 0 Å². The molecule has 21 heavy (non-hydrogen) atoms. The highest BCUT2D eigenvalue weighted by molar-refractivity contribution is 5.89. The van der Waals surface area contributed by atoms with Gasteiger partial charge < -0.3 is 9.73 Å². The van der Waals surface area contributed by atoms with Gasteiger partial charge in [-0.15, -0.1) is 0 Å². The van der Waals surface area contributed by atoms with Crippen LogP contribution in [0.3, 0.4) is 0 Å². The molecule has 1 fully saturated rings. The number of nitrogens with one attached hydrogen (secondary N) is 1. The van der Waals surface area contributed by atoms with Crippen LogP contribution < -0.4 is 5.32 Å². The van der Waals surface area contributed by atoms with Gasteiger partial charge in [-0.2, -0.15) is 0 Å². The average Bonchev–Trinajstić information content (AvgIpc) is 3.17. The monoisotopic (exact) mass is 285 g/mol. The quantitative estimate of drug-likeness (QED) is 0.838. The van der Waals surface area contributed by atoms with Gasteiger partial charge >= 0.3 is 0 Å². The van der Waals surface area contributed by atoms with Gasteiger partial charge in [0.25, 0.3) is 0 Å². The summed E-state index contributed by atoms with van der Waals surface area (Å²) in [4.78, 5) is 0. The zero-order valence-corrected chi connectivity index (χ0v) is 14.0. The van der Waals surface area contributed by atoms with Crippen LogP contribution in [0.2, 0.25) is 0 Å². The van der Waals surface area contributed by atoms with Crippen LogP contribution >= 0.6 is 0 Å². The summed E-state index contributed by atoms with van der Waals surface area (Å²) in [6.07, 6.45) is 2.64. The lowest BCUT2D eigenvalue weighted by atomic mass is 9.97. The first kappa shape index (κ1) is 14.6. The normalized spacial score (nSPS) is 15.3. The van der Waals surface area contributed by atoms with Crippen molar-refractivity contribution in [2.24, 2.45) is 5.92 Å². The molecule has 2 heteroatoms. The molecule has 0 bridgehead atoms.